The highest BCUT2D eigenvalue weighted by atomic mass is 16.1. The van der Waals surface area contributed by atoms with Gasteiger partial charge in [0.15, 0.2) is 0 Å². The molecule has 1 amide bonds. The molecule has 16 heavy (non-hydrogen) atoms. The lowest BCUT2D eigenvalue weighted by molar-refractivity contribution is -0.124. The highest BCUT2D eigenvalue weighted by Crippen LogP contribution is 2.07. The fourth-order valence-electron chi connectivity index (χ4n) is 1.92. The zero-order valence-electron chi connectivity index (χ0n) is 10.5. The summed E-state index contributed by atoms with van der Waals surface area (Å²) in [5.74, 6) is -0.0200. The first kappa shape index (κ1) is 13.5. The molecule has 2 unspecified atom stereocenters. The fraction of sp³-hybridized carbons (Fsp3) is 0.917. The average Bonchev–Trinajstić information content (AvgIpc) is 2.29. The number of hydrogen-bond acceptors (Lipinski definition) is 3. The van der Waals surface area contributed by atoms with Gasteiger partial charge in [-0.3, -0.25) is 4.79 Å². The molecule has 1 saturated heterocycles. The summed E-state index contributed by atoms with van der Waals surface area (Å²) in [5.41, 5.74) is 5.68. The number of nitrogens with one attached hydrogen (secondary N) is 1. The SMILES string of the molecule is CC(N)C(C)C(=O)NCCN1CCCCC1. The van der Waals surface area contributed by atoms with E-state index in [9.17, 15) is 4.79 Å². The molecular formula is C12H25N3O. The molecule has 1 aliphatic rings. The Bertz CT molecular complexity index is 212. The van der Waals surface area contributed by atoms with Crippen LogP contribution in [0.15, 0.2) is 0 Å². The van der Waals surface area contributed by atoms with Crippen LogP contribution in [0, 0.1) is 5.92 Å². The van der Waals surface area contributed by atoms with Gasteiger partial charge in [0.1, 0.15) is 0 Å². The molecule has 0 saturated carbocycles. The van der Waals surface area contributed by atoms with Gasteiger partial charge in [-0.2, -0.15) is 0 Å². The summed E-state index contributed by atoms with van der Waals surface area (Å²) in [7, 11) is 0. The van der Waals surface area contributed by atoms with Crippen LogP contribution in [0.2, 0.25) is 0 Å². The standard InChI is InChI=1S/C12H25N3O/c1-10(11(2)13)12(16)14-6-9-15-7-4-3-5-8-15/h10-11H,3-9,13H2,1-2H3,(H,14,16). The van der Waals surface area contributed by atoms with Gasteiger partial charge in [-0.05, 0) is 32.9 Å². The van der Waals surface area contributed by atoms with E-state index in [0.29, 0.717) is 0 Å². The van der Waals surface area contributed by atoms with E-state index in [1.54, 1.807) is 0 Å². The van der Waals surface area contributed by atoms with Gasteiger partial charge in [0.2, 0.25) is 5.91 Å². The largest absolute Gasteiger partial charge is 0.355 e. The second kappa shape index (κ2) is 6.86. The van der Waals surface area contributed by atoms with Crippen LogP contribution in [0.3, 0.4) is 0 Å². The summed E-state index contributed by atoms with van der Waals surface area (Å²) in [4.78, 5) is 14.0. The highest BCUT2D eigenvalue weighted by Gasteiger charge is 2.16. The number of amides is 1. The molecule has 3 N–H and O–H groups in total. The Hall–Kier alpha value is -0.610. The minimum absolute atomic E-state index is 0.0741. The van der Waals surface area contributed by atoms with Crippen molar-refractivity contribution in [3.05, 3.63) is 0 Å². The number of carbonyl (C=O) groups is 1. The van der Waals surface area contributed by atoms with E-state index in [2.05, 4.69) is 10.2 Å². The van der Waals surface area contributed by atoms with Crippen LogP contribution in [0.4, 0.5) is 0 Å². The first-order valence-corrected chi connectivity index (χ1v) is 6.37. The van der Waals surface area contributed by atoms with E-state index in [-0.39, 0.29) is 17.9 Å². The number of carbonyl (C=O) groups excluding carboxylic acids is 1. The monoisotopic (exact) mass is 227 g/mol. The molecule has 1 heterocycles. The lowest BCUT2D eigenvalue weighted by Crippen LogP contribution is -2.42. The Balaban J connectivity index is 2.12. The van der Waals surface area contributed by atoms with Gasteiger partial charge < -0.3 is 16.0 Å². The van der Waals surface area contributed by atoms with Crippen molar-refractivity contribution < 1.29 is 4.79 Å². The van der Waals surface area contributed by atoms with Crippen LogP contribution in [0.1, 0.15) is 33.1 Å². The Morgan fingerprint density at radius 1 is 1.31 bits per heavy atom. The summed E-state index contributed by atoms with van der Waals surface area (Å²) in [6, 6.07) is -0.0741. The smallest absolute Gasteiger partial charge is 0.224 e. The number of nitrogens with zero attached hydrogens (tertiary/aromatic N) is 1. The third-order valence-corrected chi connectivity index (χ3v) is 3.38. The first-order valence-electron chi connectivity index (χ1n) is 6.37. The van der Waals surface area contributed by atoms with Crippen LogP contribution < -0.4 is 11.1 Å². The third kappa shape index (κ3) is 4.49. The molecule has 0 aliphatic carbocycles. The molecule has 4 nitrogen and oxygen atoms in total. The summed E-state index contributed by atoms with van der Waals surface area (Å²) in [5, 5.41) is 2.95. The Morgan fingerprint density at radius 3 is 2.50 bits per heavy atom. The van der Waals surface area contributed by atoms with Crippen LogP contribution in [-0.4, -0.2) is 43.0 Å². The fourth-order valence-corrected chi connectivity index (χ4v) is 1.92. The maximum Gasteiger partial charge on any atom is 0.224 e. The van der Waals surface area contributed by atoms with Gasteiger partial charge in [0.25, 0.3) is 0 Å². The minimum Gasteiger partial charge on any atom is -0.355 e. The molecule has 0 aromatic rings. The molecule has 0 spiro atoms. The second-order valence-electron chi connectivity index (χ2n) is 4.84. The molecule has 0 radical (unpaired) electrons. The highest BCUT2D eigenvalue weighted by molar-refractivity contribution is 5.78. The molecule has 0 bridgehead atoms. The summed E-state index contributed by atoms with van der Waals surface area (Å²) in [6.07, 6.45) is 3.94. The van der Waals surface area contributed by atoms with Crippen molar-refractivity contribution in [2.45, 2.75) is 39.2 Å². The van der Waals surface area contributed by atoms with E-state index >= 15 is 0 Å². The second-order valence-corrected chi connectivity index (χ2v) is 4.84. The minimum atomic E-state index is -0.0960. The molecule has 1 aliphatic heterocycles. The van der Waals surface area contributed by atoms with Crippen molar-refractivity contribution in [3.8, 4) is 0 Å². The van der Waals surface area contributed by atoms with Gasteiger partial charge in [-0.15, -0.1) is 0 Å². The third-order valence-electron chi connectivity index (χ3n) is 3.38. The normalized spacial score (nSPS) is 21.4. The van der Waals surface area contributed by atoms with E-state index < -0.39 is 0 Å². The van der Waals surface area contributed by atoms with E-state index in [0.717, 1.165) is 13.1 Å². The van der Waals surface area contributed by atoms with Crippen LogP contribution >= 0.6 is 0 Å². The summed E-state index contributed by atoms with van der Waals surface area (Å²) < 4.78 is 0. The molecule has 0 aromatic heterocycles. The zero-order chi connectivity index (χ0) is 12.0. The maximum atomic E-state index is 11.6. The number of nitrogens with two attached hydrogens (primary N) is 1. The predicted octanol–water partition coefficient (Wildman–Crippen LogP) is 0.572. The number of rotatable bonds is 5. The van der Waals surface area contributed by atoms with Gasteiger partial charge in [-0.25, -0.2) is 0 Å². The van der Waals surface area contributed by atoms with E-state index in [4.69, 9.17) is 5.73 Å². The van der Waals surface area contributed by atoms with Gasteiger partial charge in [-0.1, -0.05) is 13.3 Å². The van der Waals surface area contributed by atoms with Gasteiger partial charge in [0, 0.05) is 25.0 Å². The number of hydrogen-bond donors (Lipinski definition) is 2. The zero-order valence-corrected chi connectivity index (χ0v) is 10.5. The van der Waals surface area contributed by atoms with Crippen molar-refractivity contribution in [3.63, 3.8) is 0 Å². The molecule has 1 rings (SSSR count). The quantitative estimate of drug-likeness (QED) is 0.722. The van der Waals surface area contributed by atoms with E-state index in [1.807, 2.05) is 13.8 Å². The molecule has 2 atom stereocenters. The summed E-state index contributed by atoms with van der Waals surface area (Å²) in [6.45, 7) is 7.82. The van der Waals surface area contributed by atoms with Crippen molar-refractivity contribution in [2.75, 3.05) is 26.2 Å². The average molecular weight is 227 g/mol. The number of likely N-dealkylation sites (tertiary alicyclic amines) is 1. The van der Waals surface area contributed by atoms with Gasteiger partial charge in [0.05, 0.1) is 0 Å². The lowest BCUT2D eigenvalue weighted by atomic mass is 10.0. The van der Waals surface area contributed by atoms with E-state index in [1.165, 1.54) is 32.4 Å². The Morgan fingerprint density at radius 2 is 1.94 bits per heavy atom. The number of piperidine rings is 1. The lowest BCUT2D eigenvalue weighted by Gasteiger charge is -2.26. The van der Waals surface area contributed by atoms with Crippen molar-refractivity contribution in [1.29, 1.82) is 0 Å². The molecule has 4 heteroatoms. The Kier molecular flexibility index (Phi) is 5.77. The van der Waals surface area contributed by atoms with Crippen LogP contribution in [0.5, 0.6) is 0 Å². The maximum absolute atomic E-state index is 11.6. The van der Waals surface area contributed by atoms with Crippen molar-refractivity contribution >= 4 is 5.91 Å². The van der Waals surface area contributed by atoms with Crippen molar-refractivity contribution in [2.24, 2.45) is 11.7 Å². The van der Waals surface area contributed by atoms with Crippen molar-refractivity contribution in [1.82, 2.24) is 10.2 Å². The van der Waals surface area contributed by atoms with Crippen LogP contribution in [-0.2, 0) is 4.79 Å². The first-order chi connectivity index (χ1) is 7.61. The predicted molar refractivity (Wildman–Crippen MR) is 66.1 cm³/mol. The molecule has 0 aromatic carbocycles. The summed E-state index contributed by atoms with van der Waals surface area (Å²) >= 11 is 0. The molecule has 1 fully saturated rings. The molecular weight excluding hydrogens is 202 g/mol. The topological polar surface area (TPSA) is 58.4 Å². The van der Waals surface area contributed by atoms with Crippen LogP contribution in [0.25, 0.3) is 0 Å². The Labute approximate surface area is 98.6 Å². The molecule has 94 valence electrons. The van der Waals surface area contributed by atoms with Gasteiger partial charge >= 0.3 is 0 Å².